The molecule has 2 aromatic carbocycles. The first-order chi connectivity index (χ1) is 12.2. The van der Waals surface area contributed by atoms with Crippen molar-refractivity contribution in [1.29, 1.82) is 0 Å². The molecular weight excluding hydrogens is 308 g/mol. The van der Waals surface area contributed by atoms with Crippen LogP contribution in [-0.2, 0) is 6.42 Å². The SMILES string of the molecule is CCCCc1ccc(Nc2cc(C)nc3ccc(OCC)cc23)cc1. The number of aryl methyl sites for hydroxylation is 2. The van der Waals surface area contributed by atoms with E-state index in [1.54, 1.807) is 0 Å². The van der Waals surface area contributed by atoms with Gasteiger partial charge >= 0.3 is 0 Å². The molecule has 25 heavy (non-hydrogen) atoms. The smallest absolute Gasteiger partial charge is 0.120 e. The first-order valence-corrected chi connectivity index (χ1v) is 9.09. The number of fused-ring (bicyclic) bond motifs is 1. The topological polar surface area (TPSA) is 34.2 Å². The molecule has 3 nitrogen and oxygen atoms in total. The Morgan fingerprint density at radius 3 is 2.52 bits per heavy atom. The molecule has 3 heteroatoms. The Hall–Kier alpha value is -2.55. The van der Waals surface area contributed by atoms with E-state index in [-0.39, 0.29) is 0 Å². The highest BCUT2D eigenvalue weighted by Crippen LogP contribution is 2.29. The summed E-state index contributed by atoms with van der Waals surface area (Å²) in [4.78, 5) is 4.63. The second-order valence-electron chi connectivity index (χ2n) is 6.35. The molecular formula is C22H26N2O. The molecule has 0 unspecified atom stereocenters. The third kappa shape index (κ3) is 4.30. The number of hydrogen-bond acceptors (Lipinski definition) is 3. The fourth-order valence-corrected chi connectivity index (χ4v) is 2.99. The molecule has 0 aliphatic rings. The van der Waals surface area contributed by atoms with Gasteiger partial charge in [-0.05, 0) is 68.7 Å². The Bertz CT molecular complexity index is 841. The molecule has 1 aromatic heterocycles. The predicted octanol–water partition coefficient (Wildman–Crippen LogP) is 6.03. The van der Waals surface area contributed by atoms with E-state index < -0.39 is 0 Å². The lowest BCUT2D eigenvalue weighted by atomic mass is 10.1. The lowest BCUT2D eigenvalue weighted by Gasteiger charge is -2.13. The van der Waals surface area contributed by atoms with Crippen LogP contribution in [0.3, 0.4) is 0 Å². The van der Waals surface area contributed by atoms with Crippen molar-refractivity contribution >= 4 is 22.3 Å². The standard InChI is InChI=1S/C22H26N2O/c1-4-6-7-17-8-10-18(11-9-17)24-22-14-16(3)23-21-13-12-19(25-5-2)15-20(21)22/h8-15H,4-7H2,1-3H3,(H,23,24). The summed E-state index contributed by atoms with van der Waals surface area (Å²) in [5, 5.41) is 4.62. The van der Waals surface area contributed by atoms with E-state index in [1.807, 2.05) is 26.0 Å². The van der Waals surface area contributed by atoms with Crippen LogP contribution in [0.15, 0.2) is 48.5 Å². The number of unbranched alkanes of at least 4 members (excludes halogenated alkanes) is 1. The largest absolute Gasteiger partial charge is 0.494 e. The summed E-state index contributed by atoms with van der Waals surface area (Å²) in [6, 6.07) is 16.9. The van der Waals surface area contributed by atoms with Gasteiger partial charge in [0, 0.05) is 22.5 Å². The number of benzene rings is 2. The van der Waals surface area contributed by atoms with Crippen LogP contribution in [0.2, 0.25) is 0 Å². The molecule has 0 atom stereocenters. The third-order valence-corrected chi connectivity index (χ3v) is 4.27. The zero-order valence-electron chi connectivity index (χ0n) is 15.3. The Kier molecular flexibility index (Phi) is 5.54. The first-order valence-electron chi connectivity index (χ1n) is 9.09. The van der Waals surface area contributed by atoms with Crippen LogP contribution in [0.4, 0.5) is 11.4 Å². The minimum absolute atomic E-state index is 0.660. The highest BCUT2D eigenvalue weighted by molar-refractivity contribution is 5.94. The van der Waals surface area contributed by atoms with E-state index in [2.05, 4.69) is 53.6 Å². The van der Waals surface area contributed by atoms with Crippen LogP contribution in [0.25, 0.3) is 10.9 Å². The second kappa shape index (κ2) is 8.02. The Balaban J connectivity index is 1.90. The van der Waals surface area contributed by atoms with Gasteiger partial charge in [0.15, 0.2) is 0 Å². The number of anilines is 2. The van der Waals surface area contributed by atoms with Gasteiger partial charge in [0.2, 0.25) is 0 Å². The average Bonchev–Trinajstić information content (AvgIpc) is 2.62. The van der Waals surface area contributed by atoms with Crippen molar-refractivity contribution in [2.24, 2.45) is 0 Å². The lowest BCUT2D eigenvalue weighted by molar-refractivity contribution is 0.340. The van der Waals surface area contributed by atoms with Gasteiger partial charge in [-0.15, -0.1) is 0 Å². The van der Waals surface area contributed by atoms with Crippen molar-refractivity contribution in [3.63, 3.8) is 0 Å². The van der Waals surface area contributed by atoms with Crippen LogP contribution >= 0.6 is 0 Å². The predicted molar refractivity (Wildman–Crippen MR) is 106 cm³/mol. The number of nitrogens with one attached hydrogen (secondary N) is 1. The number of nitrogens with zero attached hydrogens (tertiary/aromatic N) is 1. The summed E-state index contributed by atoms with van der Waals surface area (Å²) in [6.07, 6.45) is 3.61. The highest BCUT2D eigenvalue weighted by atomic mass is 16.5. The molecule has 0 saturated heterocycles. The van der Waals surface area contributed by atoms with Crippen LogP contribution in [0.1, 0.15) is 37.9 Å². The Morgan fingerprint density at radius 2 is 1.80 bits per heavy atom. The molecule has 3 aromatic rings. The van der Waals surface area contributed by atoms with Gasteiger partial charge in [-0.25, -0.2) is 0 Å². The second-order valence-corrected chi connectivity index (χ2v) is 6.35. The number of ether oxygens (including phenoxy) is 1. The van der Waals surface area contributed by atoms with Crippen LogP contribution in [-0.4, -0.2) is 11.6 Å². The van der Waals surface area contributed by atoms with Crippen molar-refractivity contribution in [2.75, 3.05) is 11.9 Å². The van der Waals surface area contributed by atoms with Crippen molar-refractivity contribution in [3.05, 3.63) is 59.8 Å². The molecule has 0 radical (unpaired) electrons. The van der Waals surface area contributed by atoms with E-state index in [4.69, 9.17) is 4.74 Å². The molecule has 1 N–H and O–H groups in total. The first kappa shape index (κ1) is 17.3. The number of aromatic nitrogens is 1. The van der Waals surface area contributed by atoms with Crippen molar-refractivity contribution in [3.8, 4) is 5.75 Å². The van der Waals surface area contributed by atoms with Gasteiger partial charge in [0.25, 0.3) is 0 Å². The normalized spacial score (nSPS) is 10.8. The van der Waals surface area contributed by atoms with Gasteiger partial charge in [-0.3, -0.25) is 4.98 Å². The number of pyridine rings is 1. The van der Waals surface area contributed by atoms with Crippen molar-refractivity contribution < 1.29 is 4.74 Å². The number of hydrogen-bond donors (Lipinski definition) is 1. The maximum atomic E-state index is 5.65. The third-order valence-electron chi connectivity index (χ3n) is 4.27. The summed E-state index contributed by atoms with van der Waals surface area (Å²) in [5.74, 6) is 0.874. The average molecular weight is 334 g/mol. The van der Waals surface area contributed by atoms with E-state index in [9.17, 15) is 0 Å². The van der Waals surface area contributed by atoms with E-state index in [0.717, 1.165) is 40.1 Å². The molecule has 0 saturated carbocycles. The van der Waals surface area contributed by atoms with Crippen LogP contribution in [0.5, 0.6) is 5.75 Å². The minimum atomic E-state index is 0.660. The van der Waals surface area contributed by atoms with Gasteiger partial charge in [-0.2, -0.15) is 0 Å². The van der Waals surface area contributed by atoms with Crippen LogP contribution < -0.4 is 10.1 Å². The summed E-state index contributed by atoms with van der Waals surface area (Å²) in [7, 11) is 0. The zero-order valence-corrected chi connectivity index (χ0v) is 15.3. The molecule has 0 spiro atoms. The van der Waals surface area contributed by atoms with Crippen molar-refractivity contribution in [1.82, 2.24) is 4.98 Å². The van der Waals surface area contributed by atoms with E-state index in [0.29, 0.717) is 6.61 Å². The van der Waals surface area contributed by atoms with Crippen molar-refractivity contribution in [2.45, 2.75) is 40.0 Å². The molecule has 0 aliphatic carbocycles. The molecule has 0 amide bonds. The van der Waals surface area contributed by atoms with E-state index >= 15 is 0 Å². The van der Waals surface area contributed by atoms with Gasteiger partial charge < -0.3 is 10.1 Å². The number of rotatable bonds is 7. The van der Waals surface area contributed by atoms with Gasteiger partial charge in [0.1, 0.15) is 5.75 Å². The Morgan fingerprint density at radius 1 is 1.00 bits per heavy atom. The maximum absolute atomic E-state index is 5.65. The molecule has 0 fully saturated rings. The molecule has 0 bridgehead atoms. The fraction of sp³-hybridized carbons (Fsp3) is 0.318. The van der Waals surface area contributed by atoms with Gasteiger partial charge in [0.05, 0.1) is 12.1 Å². The van der Waals surface area contributed by atoms with Gasteiger partial charge in [-0.1, -0.05) is 25.5 Å². The fourth-order valence-electron chi connectivity index (χ4n) is 2.99. The Labute approximate surface area is 150 Å². The minimum Gasteiger partial charge on any atom is -0.494 e. The lowest BCUT2D eigenvalue weighted by Crippen LogP contribution is -1.97. The summed E-state index contributed by atoms with van der Waals surface area (Å²) in [6.45, 7) is 6.90. The molecule has 0 aliphatic heterocycles. The maximum Gasteiger partial charge on any atom is 0.120 e. The molecule has 1 heterocycles. The summed E-state index contributed by atoms with van der Waals surface area (Å²) >= 11 is 0. The molecule has 130 valence electrons. The highest BCUT2D eigenvalue weighted by Gasteiger charge is 2.07. The summed E-state index contributed by atoms with van der Waals surface area (Å²) in [5.41, 5.74) is 5.52. The van der Waals surface area contributed by atoms with E-state index in [1.165, 1.54) is 18.4 Å². The monoisotopic (exact) mass is 334 g/mol. The summed E-state index contributed by atoms with van der Waals surface area (Å²) < 4.78 is 5.65. The van der Waals surface area contributed by atoms with Crippen LogP contribution in [0, 0.1) is 6.92 Å². The quantitative estimate of drug-likeness (QED) is 0.573. The zero-order chi connectivity index (χ0) is 17.6. The molecule has 3 rings (SSSR count).